The SMILES string of the molecule is CC(F)n1cc(NC(=O)N2C[C@@](C)(C(F)(F)F)c3c2cnc2cc(Cl)nn32)cc(OC[C@@H](C)N)c1=O. The highest BCUT2D eigenvalue weighted by Crippen LogP contribution is 2.50. The molecule has 3 N–H and O–H groups in total. The zero-order chi connectivity index (χ0) is 26.6. The number of carbonyl (C=O) groups excluding carboxylic acids is 1. The van der Waals surface area contributed by atoms with Crippen molar-refractivity contribution >= 4 is 34.7 Å². The number of rotatable bonds is 5. The van der Waals surface area contributed by atoms with Gasteiger partial charge in [-0.25, -0.2) is 18.7 Å². The summed E-state index contributed by atoms with van der Waals surface area (Å²) < 4.78 is 63.8. The number of anilines is 2. The Balaban J connectivity index is 1.75. The fourth-order valence-corrected chi connectivity index (χ4v) is 4.09. The molecule has 194 valence electrons. The van der Waals surface area contributed by atoms with Crippen molar-refractivity contribution in [2.75, 3.05) is 23.4 Å². The van der Waals surface area contributed by atoms with Crippen LogP contribution in [-0.4, -0.2) is 50.6 Å². The lowest BCUT2D eigenvalue weighted by atomic mass is 9.88. The number of ether oxygens (including phenoxy) is 1. The van der Waals surface area contributed by atoms with Gasteiger partial charge in [0.15, 0.2) is 22.8 Å². The van der Waals surface area contributed by atoms with Gasteiger partial charge >= 0.3 is 12.2 Å². The van der Waals surface area contributed by atoms with Crippen molar-refractivity contribution in [3.05, 3.63) is 45.7 Å². The Bertz CT molecular complexity index is 1390. The molecule has 0 bridgehead atoms. The summed E-state index contributed by atoms with van der Waals surface area (Å²) in [7, 11) is 0. The highest BCUT2D eigenvalue weighted by Gasteiger charge is 2.60. The fraction of sp³-hybridized carbons (Fsp3) is 0.429. The number of nitrogens with zero attached hydrogens (tertiary/aromatic N) is 5. The molecular formula is C21H22ClF4N7O3. The molecule has 0 aromatic carbocycles. The van der Waals surface area contributed by atoms with Crippen molar-refractivity contribution in [1.29, 1.82) is 0 Å². The largest absolute Gasteiger partial charge is 0.486 e. The number of alkyl halides is 4. The molecule has 36 heavy (non-hydrogen) atoms. The number of amides is 2. The van der Waals surface area contributed by atoms with Gasteiger partial charge in [0.05, 0.1) is 23.3 Å². The summed E-state index contributed by atoms with van der Waals surface area (Å²) in [5.74, 6) is -0.286. The molecule has 0 saturated carbocycles. The topological polar surface area (TPSA) is 120 Å². The van der Waals surface area contributed by atoms with Crippen molar-refractivity contribution in [3.63, 3.8) is 0 Å². The van der Waals surface area contributed by atoms with Crippen molar-refractivity contribution in [3.8, 4) is 5.75 Å². The summed E-state index contributed by atoms with van der Waals surface area (Å²) in [6.45, 7) is 2.81. The van der Waals surface area contributed by atoms with E-state index in [9.17, 15) is 27.2 Å². The van der Waals surface area contributed by atoms with E-state index in [0.29, 0.717) is 4.57 Å². The Labute approximate surface area is 206 Å². The normalized spacial score (nSPS) is 19.3. The molecule has 15 heteroatoms. The summed E-state index contributed by atoms with van der Waals surface area (Å²) in [5, 5.41) is 6.26. The van der Waals surface area contributed by atoms with Crippen LogP contribution in [0.1, 0.15) is 32.8 Å². The Morgan fingerprint density at radius 3 is 2.67 bits per heavy atom. The van der Waals surface area contributed by atoms with Gasteiger partial charge in [0.1, 0.15) is 12.0 Å². The van der Waals surface area contributed by atoms with Gasteiger partial charge in [0.2, 0.25) is 0 Å². The molecule has 1 aliphatic rings. The second kappa shape index (κ2) is 8.92. The van der Waals surface area contributed by atoms with E-state index in [1.165, 1.54) is 6.07 Å². The third-order valence-electron chi connectivity index (χ3n) is 5.74. The van der Waals surface area contributed by atoms with Crippen LogP contribution in [0.3, 0.4) is 0 Å². The maximum atomic E-state index is 14.3. The van der Waals surface area contributed by atoms with Crippen molar-refractivity contribution in [2.24, 2.45) is 5.73 Å². The first-order valence-electron chi connectivity index (χ1n) is 10.7. The maximum absolute atomic E-state index is 14.3. The number of halogens is 5. The van der Waals surface area contributed by atoms with Crippen LogP contribution in [0.5, 0.6) is 5.75 Å². The molecule has 3 aromatic heterocycles. The van der Waals surface area contributed by atoms with Gasteiger partial charge in [-0.05, 0) is 20.8 Å². The average molecular weight is 532 g/mol. The molecule has 4 heterocycles. The van der Waals surface area contributed by atoms with Crippen LogP contribution < -0.4 is 26.2 Å². The molecule has 2 amide bonds. The summed E-state index contributed by atoms with van der Waals surface area (Å²) in [4.78, 5) is 30.6. The number of hydrogen-bond donors (Lipinski definition) is 2. The van der Waals surface area contributed by atoms with E-state index in [2.05, 4.69) is 15.4 Å². The third-order valence-corrected chi connectivity index (χ3v) is 5.92. The number of nitrogens with one attached hydrogen (secondary N) is 1. The Kier molecular flexibility index (Phi) is 6.37. The fourth-order valence-electron chi connectivity index (χ4n) is 3.92. The minimum absolute atomic E-state index is 0.0646. The van der Waals surface area contributed by atoms with Crippen molar-refractivity contribution in [1.82, 2.24) is 19.2 Å². The molecule has 0 spiro atoms. The molecule has 10 nitrogen and oxygen atoms in total. The van der Waals surface area contributed by atoms with Crippen LogP contribution in [0.2, 0.25) is 5.15 Å². The van der Waals surface area contributed by atoms with Crippen LogP contribution in [0.25, 0.3) is 5.65 Å². The molecule has 4 rings (SSSR count). The Morgan fingerprint density at radius 2 is 2.06 bits per heavy atom. The predicted molar refractivity (Wildman–Crippen MR) is 123 cm³/mol. The average Bonchev–Trinajstić information content (AvgIpc) is 3.30. The molecule has 3 atom stereocenters. The number of carbonyl (C=O) groups is 1. The van der Waals surface area contributed by atoms with Gasteiger partial charge in [-0.1, -0.05) is 11.6 Å². The smallest absolute Gasteiger partial charge is 0.401 e. The van der Waals surface area contributed by atoms with Gasteiger partial charge in [-0.15, -0.1) is 0 Å². The van der Waals surface area contributed by atoms with E-state index in [0.717, 1.165) is 41.7 Å². The van der Waals surface area contributed by atoms with Crippen LogP contribution in [0.4, 0.5) is 33.7 Å². The molecule has 0 fully saturated rings. The Morgan fingerprint density at radius 1 is 1.36 bits per heavy atom. The van der Waals surface area contributed by atoms with Gasteiger partial charge in [-0.2, -0.15) is 18.3 Å². The first-order chi connectivity index (χ1) is 16.7. The molecule has 0 saturated heterocycles. The second-order valence-electron chi connectivity index (χ2n) is 8.74. The first kappa shape index (κ1) is 25.7. The van der Waals surface area contributed by atoms with Gasteiger partial charge in [0.25, 0.3) is 5.56 Å². The van der Waals surface area contributed by atoms with Crippen LogP contribution in [0, 0.1) is 0 Å². The molecule has 0 aliphatic carbocycles. The lowest BCUT2D eigenvalue weighted by molar-refractivity contribution is -0.181. The number of aromatic nitrogens is 4. The number of nitrogens with two attached hydrogens (primary N) is 1. The third kappa shape index (κ3) is 4.34. The molecule has 3 aromatic rings. The molecule has 1 aliphatic heterocycles. The molecular weight excluding hydrogens is 510 g/mol. The van der Waals surface area contributed by atoms with E-state index < -0.39 is 42.1 Å². The van der Waals surface area contributed by atoms with Crippen LogP contribution in [0.15, 0.2) is 29.3 Å². The standard InChI is InChI=1S/C21H22ClF4N7O3/c1-10(27)8-36-14-4-12(7-31(11(2)23)18(14)34)29-19(35)32-9-20(3,21(24,25)26)17-13(32)6-28-16-5-15(22)30-33(16)17/h4-7,10-11H,8-9,27H2,1-3H3,(H,29,35)/t10-,11?,20-/m1/s1. The first-order valence-corrected chi connectivity index (χ1v) is 11.1. The van der Waals surface area contributed by atoms with Crippen LogP contribution in [-0.2, 0) is 5.41 Å². The lowest BCUT2D eigenvalue weighted by Gasteiger charge is -2.28. The minimum atomic E-state index is -4.76. The molecule has 0 radical (unpaired) electrons. The van der Waals surface area contributed by atoms with E-state index in [4.69, 9.17) is 22.1 Å². The minimum Gasteiger partial charge on any atom is -0.486 e. The highest BCUT2D eigenvalue weighted by molar-refractivity contribution is 6.29. The number of urea groups is 1. The molecule has 1 unspecified atom stereocenters. The quantitative estimate of drug-likeness (QED) is 0.485. The van der Waals surface area contributed by atoms with Gasteiger partial charge in [0, 0.05) is 30.9 Å². The van der Waals surface area contributed by atoms with Crippen molar-refractivity contribution < 1.29 is 27.1 Å². The summed E-state index contributed by atoms with van der Waals surface area (Å²) in [6.07, 6.45) is -4.39. The summed E-state index contributed by atoms with van der Waals surface area (Å²) in [5.41, 5.74) is 1.87. The number of fused-ring (bicyclic) bond motifs is 3. The zero-order valence-corrected chi connectivity index (χ0v) is 20.1. The number of pyridine rings is 1. The summed E-state index contributed by atoms with van der Waals surface area (Å²) in [6, 6.07) is 1.03. The number of hydrogen-bond acceptors (Lipinski definition) is 6. The van der Waals surface area contributed by atoms with Crippen LogP contribution >= 0.6 is 11.6 Å². The van der Waals surface area contributed by atoms with Gasteiger partial charge < -0.3 is 15.8 Å². The zero-order valence-electron chi connectivity index (χ0n) is 19.3. The van der Waals surface area contributed by atoms with E-state index in [1.807, 2.05) is 0 Å². The predicted octanol–water partition coefficient (Wildman–Crippen LogP) is 3.63. The van der Waals surface area contributed by atoms with Gasteiger partial charge in [-0.3, -0.25) is 14.3 Å². The second-order valence-corrected chi connectivity index (χ2v) is 9.13. The lowest BCUT2D eigenvalue weighted by Crippen LogP contribution is -2.46. The van der Waals surface area contributed by atoms with Crippen molar-refractivity contribution in [2.45, 2.75) is 44.7 Å². The Hall–Kier alpha value is -3.39. The van der Waals surface area contributed by atoms with E-state index >= 15 is 0 Å². The summed E-state index contributed by atoms with van der Waals surface area (Å²) >= 11 is 5.89. The van der Waals surface area contributed by atoms with E-state index in [-0.39, 0.29) is 40.2 Å². The highest BCUT2D eigenvalue weighted by atomic mass is 35.5. The monoisotopic (exact) mass is 531 g/mol. The maximum Gasteiger partial charge on any atom is 0.401 e. The van der Waals surface area contributed by atoms with E-state index in [1.54, 1.807) is 6.92 Å².